The quantitative estimate of drug-likeness (QED) is 0.671. The van der Waals surface area contributed by atoms with Crippen LogP contribution in [-0.2, 0) is 9.53 Å². The van der Waals surface area contributed by atoms with Crippen molar-refractivity contribution in [2.45, 2.75) is 24.9 Å². The molecule has 0 bridgehead atoms. The van der Waals surface area contributed by atoms with Gasteiger partial charge < -0.3 is 15.2 Å². The fourth-order valence-corrected chi connectivity index (χ4v) is 1.54. The molecule has 1 heterocycles. The predicted octanol–water partition coefficient (Wildman–Crippen LogP) is 0.273. The van der Waals surface area contributed by atoms with Crippen molar-refractivity contribution in [1.29, 1.82) is 0 Å². The number of amides is 1. The molecule has 0 aromatic rings. The Labute approximate surface area is 88.6 Å². The van der Waals surface area contributed by atoms with Crippen molar-refractivity contribution in [1.82, 2.24) is 5.32 Å². The van der Waals surface area contributed by atoms with Gasteiger partial charge in [-0.05, 0) is 0 Å². The number of aliphatic hydroxyl groups is 1. The standard InChI is InChI=1S/C9H16ClNO3/c10-4-1-8(12)11-7-9(13)2-5-14-6-3-9/h13H,1-7H2,(H,11,12). The average Bonchev–Trinajstić information content (AvgIpc) is 2.17. The van der Waals surface area contributed by atoms with Crippen LogP contribution >= 0.6 is 11.6 Å². The first kappa shape index (κ1) is 11.8. The molecule has 0 aromatic carbocycles. The summed E-state index contributed by atoms with van der Waals surface area (Å²) in [6.07, 6.45) is 1.45. The molecular formula is C9H16ClNO3. The van der Waals surface area contributed by atoms with Crippen molar-refractivity contribution in [3.8, 4) is 0 Å². The highest BCUT2D eigenvalue weighted by molar-refractivity contribution is 6.18. The first-order chi connectivity index (χ1) is 6.66. The van der Waals surface area contributed by atoms with Gasteiger partial charge in [-0.2, -0.15) is 0 Å². The third-order valence-electron chi connectivity index (χ3n) is 2.36. The number of ether oxygens (including phenoxy) is 1. The van der Waals surface area contributed by atoms with Gasteiger partial charge in [-0.1, -0.05) is 0 Å². The smallest absolute Gasteiger partial charge is 0.221 e. The van der Waals surface area contributed by atoms with Gasteiger partial charge in [-0.25, -0.2) is 0 Å². The van der Waals surface area contributed by atoms with Gasteiger partial charge in [0.25, 0.3) is 0 Å². The minimum Gasteiger partial charge on any atom is -0.388 e. The van der Waals surface area contributed by atoms with Crippen molar-refractivity contribution in [2.75, 3.05) is 25.6 Å². The molecule has 14 heavy (non-hydrogen) atoms. The van der Waals surface area contributed by atoms with E-state index in [1.165, 1.54) is 0 Å². The van der Waals surface area contributed by atoms with E-state index in [-0.39, 0.29) is 5.91 Å². The van der Waals surface area contributed by atoms with E-state index in [0.29, 0.717) is 44.9 Å². The average molecular weight is 222 g/mol. The topological polar surface area (TPSA) is 58.6 Å². The SMILES string of the molecule is O=C(CCCl)NCC1(O)CCOCC1. The number of carbonyl (C=O) groups excluding carboxylic acids is 1. The summed E-state index contributed by atoms with van der Waals surface area (Å²) in [5.41, 5.74) is -0.791. The van der Waals surface area contributed by atoms with Crippen LogP contribution in [0.3, 0.4) is 0 Å². The lowest BCUT2D eigenvalue weighted by Crippen LogP contribution is -2.46. The van der Waals surface area contributed by atoms with Crippen LogP contribution in [0.1, 0.15) is 19.3 Å². The Morgan fingerprint density at radius 1 is 1.50 bits per heavy atom. The second-order valence-electron chi connectivity index (χ2n) is 3.55. The zero-order valence-electron chi connectivity index (χ0n) is 8.09. The van der Waals surface area contributed by atoms with Gasteiger partial charge in [0.05, 0.1) is 5.60 Å². The zero-order valence-corrected chi connectivity index (χ0v) is 8.85. The second-order valence-corrected chi connectivity index (χ2v) is 3.93. The summed E-state index contributed by atoms with van der Waals surface area (Å²) < 4.78 is 5.13. The number of alkyl halides is 1. The van der Waals surface area contributed by atoms with Crippen LogP contribution in [0.5, 0.6) is 0 Å². The second kappa shape index (κ2) is 5.53. The van der Waals surface area contributed by atoms with Crippen LogP contribution in [0.4, 0.5) is 0 Å². The van der Waals surface area contributed by atoms with Gasteiger partial charge in [-0.15, -0.1) is 11.6 Å². The number of nitrogens with one attached hydrogen (secondary N) is 1. The highest BCUT2D eigenvalue weighted by Gasteiger charge is 2.29. The molecule has 1 amide bonds. The summed E-state index contributed by atoms with van der Waals surface area (Å²) in [5, 5.41) is 12.6. The van der Waals surface area contributed by atoms with Gasteiger partial charge in [0, 0.05) is 44.9 Å². The maximum Gasteiger partial charge on any atom is 0.221 e. The Morgan fingerprint density at radius 2 is 2.14 bits per heavy atom. The van der Waals surface area contributed by atoms with Crippen molar-refractivity contribution in [3.63, 3.8) is 0 Å². The van der Waals surface area contributed by atoms with E-state index in [1.807, 2.05) is 0 Å². The molecule has 2 N–H and O–H groups in total. The largest absolute Gasteiger partial charge is 0.388 e. The first-order valence-corrected chi connectivity index (χ1v) is 5.32. The molecule has 0 saturated carbocycles. The molecule has 4 nitrogen and oxygen atoms in total. The highest BCUT2D eigenvalue weighted by atomic mass is 35.5. The van der Waals surface area contributed by atoms with Crippen molar-refractivity contribution in [2.24, 2.45) is 0 Å². The lowest BCUT2D eigenvalue weighted by molar-refractivity contribution is -0.123. The molecule has 0 unspecified atom stereocenters. The van der Waals surface area contributed by atoms with Crippen LogP contribution in [-0.4, -0.2) is 42.3 Å². The molecule has 82 valence electrons. The number of carbonyl (C=O) groups is 1. The summed E-state index contributed by atoms with van der Waals surface area (Å²) in [6, 6.07) is 0. The van der Waals surface area contributed by atoms with E-state index in [2.05, 4.69) is 5.32 Å². The normalized spacial score (nSPS) is 20.4. The summed E-state index contributed by atoms with van der Waals surface area (Å²) >= 11 is 5.41. The third kappa shape index (κ3) is 3.82. The third-order valence-corrected chi connectivity index (χ3v) is 2.55. The molecular weight excluding hydrogens is 206 g/mol. The molecule has 0 aromatic heterocycles. The summed E-state index contributed by atoms with van der Waals surface area (Å²) in [7, 11) is 0. The Kier molecular flexibility index (Phi) is 4.65. The number of hydrogen-bond donors (Lipinski definition) is 2. The molecule has 0 spiro atoms. The molecule has 1 rings (SSSR count). The van der Waals surface area contributed by atoms with Crippen LogP contribution in [0, 0.1) is 0 Å². The summed E-state index contributed by atoms with van der Waals surface area (Å²) in [6.45, 7) is 1.41. The maximum atomic E-state index is 11.1. The van der Waals surface area contributed by atoms with Gasteiger partial charge in [0.2, 0.25) is 5.91 Å². The van der Waals surface area contributed by atoms with E-state index in [1.54, 1.807) is 0 Å². The predicted molar refractivity (Wildman–Crippen MR) is 53.3 cm³/mol. The molecule has 1 saturated heterocycles. The zero-order chi connectivity index (χ0) is 10.4. The van der Waals surface area contributed by atoms with E-state index in [4.69, 9.17) is 16.3 Å². The van der Waals surface area contributed by atoms with Crippen LogP contribution in [0.15, 0.2) is 0 Å². The van der Waals surface area contributed by atoms with Gasteiger partial charge in [0.15, 0.2) is 0 Å². The first-order valence-electron chi connectivity index (χ1n) is 4.79. The number of halogens is 1. The van der Waals surface area contributed by atoms with Crippen molar-refractivity contribution >= 4 is 17.5 Å². The summed E-state index contributed by atoms with van der Waals surface area (Å²) in [5.74, 6) is 0.202. The number of rotatable bonds is 4. The summed E-state index contributed by atoms with van der Waals surface area (Å²) in [4.78, 5) is 11.1. The molecule has 1 fully saturated rings. The molecule has 0 atom stereocenters. The highest BCUT2D eigenvalue weighted by Crippen LogP contribution is 2.19. The molecule has 1 aliphatic heterocycles. The Balaban J connectivity index is 2.24. The lowest BCUT2D eigenvalue weighted by atomic mass is 9.94. The number of hydrogen-bond acceptors (Lipinski definition) is 3. The lowest BCUT2D eigenvalue weighted by Gasteiger charge is -2.32. The van der Waals surface area contributed by atoms with E-state index < -0.39 is 5.60 Å². The fourth-order valence-electron chi connectivity index (χ4n) is 1.37. The van der Waals surface area contributed by atoms with E-state index in [0.717, 1.165) is 0 Å². The van der Waals surface area contributed by atoms with Gasteiger partial charge in [-0.3, -0.25) is 4.79 Å². The van der Waals surface area contributed by atoms with Gasteiger partial charge in [0.1, 0.15) is 0 Å². The van der Waals surface area contributed by atoms with Crippen LogP contribution in [0.2, 0.25) is 0 Å². The van der Waals surface area contributed by atoms with Gasteiger partial charge >= 0.3 is 0 Å². The van der Waals surface area contributed by atoms with Crippen molar-refractivity contribution in [3.05, 3.63) is 0 Å². The molecule has 0 radical (unpaired) electrons. The van der Waals surface area contributed by atoms with Crippen LogP contribution in [0.25, 0.3) is 0 Å². The monoisotopic (exact) mass is 221 g/mol. The van der Waals surface area contributed by atoms with E-state index in [9.17, 15) is 9.90 Å². The Hall–Kier alpha value is -0.320. The molecule has 0 aliphatic carbocycles. The van der Waals surface area contributed by atoms with Crippen molar-refractivity contribution < 1.29 is 14.6 Å². The fraction of sp³-hybridized carbons (Fsp3) is 0.889. The maximum absolute atomic E-state index is 11.1. The Morgan fingerprint density at radius 3 is 2.71 bits per heavy atom. The molecule has 5 heteroatoms. The van der Waals surface area contributed by atoms with E-state index >= 15 is 0 Å². The minimum atomic E-state index is -0.791. The minimum absolute atomic E-state index is 0.111. The molecule has 1 aliphatic rings. The Bertz CT molecular complexity index is 192. The van der Waals surface area contributed by atoms with Crippen LogP contribution < -0.4 is 5.32 Å².